The van der Waals surface area contributed by atoms with Crippen molar-refractivity contribution in [3.05, 3.63) is 36.0 Å². The molecule has 3 amide bonds. The van der Waals surface area contributed by atoms with E-state index in [9.17, 15) is 19.5 Å². The molecule has 1 atom stereocenters. The quantitative estimate of drug-likeness (QED) is 0.385. The molecular weight excluding hydrogens is 562 g/mol. The Bertz CT molecular complexity index is 1270. The second-order valence-electron chi connectivity index (χ2n) is 11.6. The van der Waals surface area contributed by atoms with Crippen LogP contribution in [-0.4, -0.2) is 102 Å². The number of likely N-dealkylation sites (N-methyl/N-ethyl adjacent to an activating group) is 1. The highest BCUT2D eigenvalue weighted by Gasteiger charge is 2.32. The maximum Gasteiger partial charge on any atom is 0.415 e. The number of hydrogen-bond donors (Lipinski definition) is 1. The number of urea groups is 1. The summed E-state index contributed by atoms with van der Waals surface area (Å²) in [4.78, 5) is 57.1. The maximum atomic E-state index is 13.7. The van der Waals surface area contributed by atoms with Crippen molar-refractivity contribution in [3.8, 4) is 5.75 Å². The van der Waals surface area contributed by atoms with Crippen LogP contribution in [-0.2, 0) is 11.2 Å². The normalized spacial score (nSPS) is 16.0. The van der Waals surface area contributed by atoms with E-state index >= 15 is 0 Å². The summed E-state index contributed by atoms with van der Waals surface area (Å²) in [6.45, 7) is 12.6. The zero-order chi connectivity index (χ0) is 31.8. The van der Waals surface area contributed by atoms with Gasteiger partial charge in [-0.15, -0.1) is 0 Å². The number of rotatable bonds is 11. The van der Waals surface area contributed by atoms with Crippen LogP contribution >= 0.6 is 0 Å². The first kappa shape index (κ1) is 32.8. The van der Waals surface area contributed by atoms with Gasteiger partial charge in [-0.3, -0.25) is 4.90 Å². The number of carbonyl (C=O) groups excluding carboxylic acids is 2. The highest BCUT2D eigenvalue weighted by molar-refractivity contribution is 5.95. The third-order valence-electron chi connectivity index (χ3n) is 8.68. The Morgan fingerprint density at radius 2 is 1.61 bits per heavy atom. The van der Waals surface area contributed by atoms with Gasteiger partial charge < -0.3 is 29.4 Å². The predicted octanol–water partition coefficient (Wildman–Crippen LogP) is 4.73. The molecular formula is C32H47N7O5. The number of hydrogen-bond acceptors (Lipinski definition) is 8. The van der Waals surface area contributed by atoms with E-state index < -0.39 is 12.0 Å². The number of benzene rings is 1. The molecule has 0 unspecified atom stereocenters. The van der Waals surface area contributed by atoms with Crippen LogP contribution in [0, 0.1) is 5.92 Å². The zero-order valence-electron chi connectivity index (χ0n) is 26.7. The minimum absolute atomic E-state index is 0.126. The average Bonchev–Trinajstić information content (AvgIpc) is 3.57. The molecule has 2 fully saturated rings. The van der Waals surface area contributed by atoms with E-state index in [0.717, 1.165) is 31.2 Å². The van der Waals surface area contributed by atoms with Crippen LogP contribution in [0.15, 0.2) is 30.5 Å². The molecule has 2 aliphatic heterocycles. The van der Waals surface area contributed by atoms with Crippen LogP contribution in [0.1, 0.15) is 58.9 Å². The molecule has 0 radical (unpaired) electrons. The van der Waals surface area contributed by atoms with E-state index in [4.69, 9.17) is 9.72 Å². The molecule has 3 heterocycles. The van der Waals surface area contributed by atoms with Gasteiger partial charge >= 0.3 is 18.1 Å². The molecule has 1 N–H and O–H groups in total. The van der Waals surface area contributed by atoms with Gasteiger partial charge in [0.2, 0.25) is 5.95 Å². The molecule has 4 rings (SSSR count). The van der Waals surface area contributed by atoms with Crippen LogP contribution in [0.25, 0.3) is 0 Å². The molecule has 1 aromatic carbocycles. The standard InChI is InChI=1S/C32H47N7O5/c1-6-36(7-2)30-33-22-27(39(8-3)31(42)37-19-15-23(4)16-20-37)28(34-30)35(5)26(29(40)41)21-24-11-13-25(14-12-24)44-32(43)38-17-9-10-18-38/h11-14,22-23,26H,6-10,15-21H2,1-5H3,(H,40,41)/t26-/m0/s1. The Morgan fingerprint density at radius 1 is 0.977 bits per heavy atom. The van der Waals surface area contributed by atoms with Crippen molar-refractivity contribution in [3.63, 3.8) is 0 Å². The van der Waals surface area contributed by atoms with Gasteiger partial charge in [0.1, 0.15) is 17.5 Å². The zero-order valence-corrected chi connectivity index (χ0v) is 26.7. The molecule has 12 heteroatoms. The fourth-order valence-corrected chi connectivity index (χ4v) is 5.76. The molecule has 0 spiro atoms. The molecule has 1 aromatic heterocycles. The Morgan fingerprint density at radius 3 is 2.18 bits per heavy atom. The minimum atomic E-state index is -1.02. The Balaban J connectivity index is 1.61. The Kier molecular flexibility index (Phi) is 11.2. The number of aromatic nitrogens is 2. The summed E-state index contributed by atoms with van der Waals surface area (Å²) in [5.41, 5.74) is 1.24. The second kappa shape index (κ2) is 15.1. The smallest absolute Gasteiger partial charge is 0.415 e. The molecule has 44 heavy (non-hydrogen) atoms. The topological polar surface area (TPSA) is 123 Å². The number of carbonyl (C=O) groups is 3. The molecule has 2 saturated heterocycles. The van der Waals surface area contributed by atoms with Crippen molar-refractivity contribution in [2.45, 2.75) is 65.8 Å². The van der Waals surface area contributed by atoms with E-state index in [1.54, 1.807) is 52.2 Å². The van der Waals surface area contributed by atoms with Gasteiger partial charge in [0.25, 0.3) is 0 Å². The summed E-state index contributed by atoms with van der Waals surface area (Å²) in [5, 5.41) is 10.4. The summed E-state index contributed by atoms with van der Waals surface area (Å²) >= 11 is 0. The Labute approximate surface area is 260 Å². The van der Waals surface area contributed by atoms with Gasteiger partial charge in [0, 0.05) is 59.3 Å². The summed E-state index contributed by atoms with van der Waals surface area (Å²) in [6, 6.07) is 5.81. The van der Waals surface area contributed by atoms with Crippen molar-refractivity contribution in [1.82, 2.24) is 19.8 Å². The molecule has 2 aromatic rings. The second-order valence-corrected chi connectivity index (χ2v) is 11.6. The van der Waals surface area contributed by atoms with E-state index in [2.05, 4.69) is 11.9 Å². The molecule has 0 saturated carbocycles. The largest absolute Gasteiger partial charge is 0.480 e. The fraction of sp³-hybridized carbons (Fsp3) is 0.594. The van der Waals surface area contributed by atoms with Crippen LogP contribution in [0.4, 0.5) is 27.0 Å². The summed E-state index contributed by atoms with van der Waals surface area (Å²) in [5.74, 6) is 0.827. The number of nitrogens with zero attached hydrogens (tertiary/aromatic N) is 7. The molecule has 0 aliphatic carbocycles. The van der Waals surface area contributed by atoms with Gasteiger partial charge in [-0.05, 0) is 70.1 Å². The number of carboxylic acid groups (broad SMARTS) is 1. The number of carboxylic acids is 1. The number of amides is 3. The first-order chi connectivity index (χ1) is 21.2. The van der Waals surface area contributed by atoms with Crippen LogP contribution in [0.5, 0.6) is 5.75 Å². The maximum absolute atomic E-state index is 13.7. The number of likely N-dealkylation sites (tertiary alicyclic amines) is 2. The van der Waals surface area contributed by atoms with Crippen molar-refractivity contribution < 1.29 is 24.2 Å². The SMILES string of the molecule is CCN(CC)c1ncc(N(CC)C(=O)N2CCC(C)CC2)c(N(C)[C@@H](Cc2ccc(OC(=O)N3CCCC3)cc2)C(=O)O)n1. The Hall–Kier alpha value is -4.09. The van der Waals surface area contributed by atoms with E-state index in [-0.39, 0.29) is 18.5 Å². The van der Waals surface area contributed by atoms with Crippen LogP contribution < -0.4 is 19.4 Å². The molecule has 240 valence electrons. The first-order valence-electron chi connectivity index (χ1n) is 15.9. The summed E-state index contributed by atoms with van der Waals surface area (Å²) < 4.78 is 5.51. The molecule has 12 nitrogen and oxygen atoms in total. The average molecular weight is 610 g/mol. The number of ether oxygens (including phenoxy) is 1. The number of piperidine rings is 1. The lowest BCUT2D eigenvalue weighted by molar-refractivity contribution is -0.138. The van der Waals surface area contributed by atoms with E-state index in [1.807, 2.05) is 30.6 Å². The van der Waals surface area contributed by atoms with Gasteiger partial charge in [-0.2, -0.15) is 4.98 Å². The lowest BCUT2D eigenvalue weighted by Crippen LogP contribution is -2.48. The van der Waals surface area contributed by atoms with Crippen LogP contribution in [0.2, 0.25) is 0 Å². The monoisotopic (exact) mass is 609 g/mol. The third-order valence-corrected chi connectivity index (χ3v) is 8.68. The highest BCUT2D eigenvalue weighted by Crippen LogP contribution is 2.32. The molecule has 2 aliphatic rings. The summed E-state index contributed by atoms with van der Waals surface area (Å²) in [7, 11) is 1.70. The minimum Gasteiger partial charge on any atom is -0.480 e. The predicted molar refractivity (Wildman–Crippen MR) is 171 cm³/mol. The fourth-order valence-electron chi connectivity index (χ4n) is 5.76. The van der Waals surface area contributed by atoms with Crippen molar-refractivity contribution >= 4 is 35.5 Å². The van der Waals surface area contributed by atoms with Gasteiger partial charge in [0.15, 0.2) is 5.82 Å². The first-order valence-corrected chi connectivity index (χ1v) is 15.9. The summed E-state index contributed by atoms with van der Waals surface area (Å²) in [6.07, 6.45) is 5.29. The van der Waals surface area contributed by atoms with E-state index in [1.165, 1.54) is 0 Å². The van der Waals surface area contributed by atoms with Crippen molar-refractivity contribution in [2.24, 2.45) is 5.92 Å². The molecule has 0 bridgehead atoms. The van der Waals surface area contributed by atoms with E-state index in [0.29, 0.717) is 74.9 Å². The third kappa shape index (κ3) is 7.70. The van der Waals surface area contributed by atoms with Gasteiger partial charge in [0.05, 0.1) is 6.20 Å². The lowest BCUT2D eigenvalue weighted by Gasteiger charge is -2.36. The van der Waals surface area contributed by atoms with Gasteiger partial charge in [-0.1, -0.05) is 19.1 Å². The lowest BCUT2D eigenvalue weighted by atomic mass is 9.99. The number of aliphatic carboxylic acids is 1. The van der Waals surface area contributed by atoms with Gasteiger partial charge in [-0.25, -0.2) is 19.4 Å². The van der Waals surface area contributed by atoms with Crippen molar-refractivity contribution in [2.75, 3.05) is 67.6 Å². The van der Waals surface area contributed by atoms with Crippen molar-refractivity contribution in [1.29, 1.82) is 0 Å². The number of anilines is 3. The highest BCUT2D eigenvalue weighted by atomic mass is 16.6. The van der Waals surface area contributed by atoms with Crippen LogP contribution in [0.3, 0.4) is 0 Å².